The summed E-state index contributed by atoms with van der Waals surface area (Å²) >= 11 is 1.71. The summed E-state index contributed by atoms with van der Waals surface area (Å²) < 4.78 is 1.69. The van der Waals surface area contributed by atoms with Crippen LogP contribution >= 0.6 is 22.6 Å². The normalized spacial score (nSPS) is 9.92. The fourth-order valence-electron chi connectivity index (χ4n) is 0.987. The fraction of sp³-hybridized carbons (Fsp3) is 0.429. The van der Waals surface area contributed by atoms with Gasteiger partial charge < -0.3 is 5.32 Å². The minimum atomic E-state index is -0.0455. The van der Waals surface area contributed by atoms with Gasteiger partial charge in [-0.2, -0.15) is 5.10 Å². The van der Waals surface area contributed by atoms with Gasteiger partial charge in [0.25, 0.3) is 3.91 Å². The van der Waals surface area contributed by atoms with Gasteiger partial charge >= 0.3 is 0 Å². The molecule has 0 saturated carbocycles. The molecule has 0 saturated heterocycles. The van der Waals surface area contributed by atoms with Crippen LogP contribution in [0.4, 0.5) is 4.79 Å². The monoisotopic (exact) mass is 279 g/mol. The van der Waals surface area contributed by atoms with Crippen LogP contribution in [0.25, 0.3) is 0 Å². The van der Waals surface area contributed by atoms with Crippen molar-refractivity contribution in [1.29, 1.82) is 0 Å². The Morgan fingerprint density at radius 1 is 1.83 bits per heavy atom. The molecule has 4 nitrogen and oxygen atoms in total. The van der Waals surface area contributed by atoms with Crippen LogP contribution in [0.1, 0.15) is 11.3 Å². The van der Waals surface area contributed by atoms with E-state index in [1.807, 2.05) is 20.2 Å². The molecular weight excluding hydrogens is 269 g/mol. The number of aromatic nitrogens is 2. The summed E-state index contributed by atoms with van der Waals surface area (Å²) in [6.07, 6.45) is 1.90. The number of carbonyl (C=O) groups excluding carboxylic acids is 1. The van der Waals surface area contributed by atoms with Crippen molar-refractivity contribution in [2.75, 3.05) is 0 Å². The first-order chi connectivity index (χ1) is 5.59. The van der Waals surface area contributed by atoms with Crippen LogP contribution in [0.3, 0.4) is 0 Å². The third-order valence-corrected chi connectivity index (χ3v) is 1.91. The molecule has 1 aromatic rings. The third kappa shape index (κ3) is 2.47. The number of amides is 1. The van der Waals surface area contributed by atoms with Crippen LogP contribution < -0.4 is 5.32 Å². The van der Waals surface area contributed by atoms with E-state index in [4.69, 9.17) is 0 Å². The van der Waals surface area contributed by atoms with E-state index in [1.54, 1.807) is 27.3 Å². The maximum atomic E-state index is 10.6. The molecule has 0 bridgehead atoms. The minimum Gasteiger partial charge on any atom is -0.343 e. The Labute approximate surface area is 84.5 Å². The van der Waals surface area contributed by atoms with Gasteiger partial charge in [-0.3, -0.25) is 9.48 Å². The molecule has 0 spiro atoms. The van der Waals surface area contributed by atoms with Gasteiger partial charge in [0.15, 0.2) is 0 Å². The quantitative estimate of drug-likeness (QED) is 0.505. The molecule has 0 radical (unpaired) electrons. The van der Waals surface area contributed by atoms with Gasteiger partial charge in [-0.1, -0.05) is 0 Å². The largest absolute Gasteiger partial charge is 0.343 e. The number of carbonyl (C=O) groups is 1. The second kappa shape index (κ2) is 3.88. The second-order valence-corrected chi connectivity index (χ2v) is 3.52. The first-order valence-corrected chi connectivity index (χ1v) is 4.60. The molecule has 0 aromatic carbocycles. The average molecular weight is 279 g/mol. The highest BCUT2D eigenvalue weighted by Gasteiger charge is 2.02. The standard InChI is InChI=1S/C7H10IN3O/c1-5-6(3-9-7(8)12)4-11(2)10-5/h4H,3H2,1-2H3,(H,9,12). The molecule has 5 heteroatoms. The number of nitrogens with zero attached hydrogens (tertiary/aromatic N) is 2. The van der Waals surface area contributed by atoms with Crippen LogP contribution in [-0.2, 0) is 13.6 Å². The average Bonchev–Trinajstić information content (AvgIpc) is 2.26. The summed E-state index contributed by atoms with van der Waals surface area (Å²) in [6.45, 7) is 2.48. The molecular formula is C7H10IN3O. The molecule has 0 aliphatic rings. The van der Waals surface area contributed by atoms with Crippen molar-refractivity contribution in [3.8, 4) is 0 Å². The van der Waals surface area contributed by atoms with Crippen molar-refractivity contribution in [3.63, 3.8) is 0 Å². The lowest BCUT2D eigenvalue weighted by Gasteiger charge is -1.97. The summed E-state index contributed by atoms with van der Waals surface area (Å²) in [5.74, 6) is 0. The van der Waals surface area contributed by atoms with Crippen molar-refractivity contribution < 1.29 is 4.79 Å². The lowest BCUT2D eigenvalue weighted by atomic mass is 10.3. The highest BCUT2D eigenvalue weighted by atomic mass is 127. The van der Waals surface area contributed by atoms with Gasteiger partial charge in [0, 0.05) is 47.9 Å². The molecule has 1 rings (SSSR count). The Hall–Kier alpha value is -0.590. The number of halogens is 1. The first kappa shape index (κ1) is 9.50. The summed E-state index contributed by atoms with van der Waals surface area (Å²) in [5.41, 5.74) is 2.02. The maximum absolute atomic E-state index is 10.6. The molecule has 0 unspecified atom stereocenters. The Bertz CT molecular complexity index is 295. The van der Waals surface area contributed by atoms with Crippen molar-refractivity contribution >= 4 is 26.5 Å². The summed E-state index contributed by atoms with van der Waals surface area (Å²) in [7, 11) is 1.86. The summed E-state index contributed by atoms with van der Waals surface area (Å²) in [5, 5.41) is 6.86. The second-order valence-electron chi connectivity index (χ2n) is 2.54. The van der Waals surface area contributed by atoms with E-state index in [0.717, 1.165) is 11.3 Å². The van der Waals surface area contributed by atoms with E-state index < -0.39 is 0 Å². The molecule has 1 N–H and O–H groups in total. The zero-order chi connectivity index (χ0) is 9.14. The van der Waals surface area contributed by atoms with Gasteiger partial charge in [-0.05, 0) is 6.92 Å². The Morgan fingerprint density at radius 2 is 2.50 bits per heavy atom. The minimum absolute atomic E-state index is 0.0455. The number of hydrogen-bond acceptors (Lipinski definition) is 2. The van der Waals surface area contributed by atoms with Crippen LogP contribution in [0.15, 0.2) is 6.20 Å². The molecule has 66 valence electrons. The molecule has 1 amide bonds. The van der Waals surface area contributed by atoms with Gasteiger partial charge in [0.05, 0.1) is 5.69 Å². The van der Waals surface area contributed by atoms with Crippen LogP contribution in [0, 0.1) is 6.92 Å². The Balaban J connectivity index is 2.62. The fourth-order valence-corrected chi connectivity index (χ4v) is 1.18. The lowest BCUT2D eigenvalue weighted by molar-refractivity contribution is 0.262. The predicted molar refractivity (Wildman–Crippen MR) is 54.2 cm³/mol. The SMILES string of the molecule is Cc1nn(C)cc1CNC(=O)I. The van der Waals surface area contributed by atoms with E-state index in [2.05, 4.69) is 10.4 Å². The van der Waals surface area contributed by atoms with Crippen molar-refractivity contribution in [3.05, 3.63) is 17.5 Å². The van der Waals surface area contributed by atoms with Crippen LogP contribution in [-0.4, -0.2) is 13.7 Å². The Morgan fingerprint density at radius 3 is 2.92 bits per heavy atom. The molecule has 1 heterocycles. The highest BCUT2D eigenvalue weighted by Crippen LogP contribution is 2.03. The van der Waals surface area contributed by atoms with E-state index in [9.17, 15) is 4.79 Å². The molecule has 12 heavy (non-hydrogen) atoms. The molecule has 1 aromatic heterocycles. The summed E-state index contributed by atoms with van der Waals surface area (Å²) in [6, 6.07) is 0. The van der Waals surface area contributed by atoms with Gasteiger partial charge in [-0.25, -0.2) is 0 Å². The summed E-state index contributed by atoms with van der Waals surface area (Å²) in [4.78, 5) is 10.6. The van der Waals surface area contributed by atoms with Gasteiger partial charge in [0.2, 0.25) is 0 Å². The zero-order valence-corrected chi connectivity index (χ0v) is 9.12. The molecule has 0 atom stereocenters. The predicted octanol–water partition coefficient (Wildman–Crippen LogP) is 1.37. The smallest absolute Gasteiger partial charge is 0.280 e. The maximum Gasteiger partial charge on any atom is 0.280 e. The lowest BCUT2D eigenvalue weighted by Crippen LogP contribution is -2.15. The van der Waals surface area contributed by atoms with Crippen molar-refractivity contribution in [2.24, 2.45) is 7.05 Å². The number of rotatable bonds is 2. The first-order valence-electron chi connectivity index (χ1n) is 3.52. The van der Waals surface area contributed by atoms with E-state index in [0.29, 0.717) is 6.54 Å². The van der Waals surface area contributed by atoms with E-state index >= 15 is 0 Å². The Kier molecular flexibility index (Phi) is 3.07. The van der Waals surface area contributed by atoms with Crippen molar-refractivity contribution in [2.45, 2.75) is 13.5 Å². The number of hydrogen-bond donors (Lipinski definition) is 1. The van der Waals surface area contributed by atoms with Gasteiger partial charge in [-0.15, -0.1) is 0 Å². The van der Waals surface area contributed by atoms with Gasteiger partial charge in [0.1, 0.15) is 0 Å². The number of aryl methyl sites for hydroxylation is 2. The molecule has 0 aliphatic carbocycles. The topological polar surface area (TPSA) is 46.9 Å². The van der Waals surface area contributed by atoms with E-state index in [-0.39, 0.29) is 3.91 Å². The molecule has 0 aliphatic heterocycles. The zero-order valence-electron chi connectivity index (χ0n) is 6.97. The van der Waals surface area contributed by atoms with E-state index in [1.165, 1.54) is 0 Å². The van der Waals surface area contributed by atoms with Crippen molar-refractivity contribution in [1.82, 2.24) is 15.1 Å². The molecule has 0 fully saturated rings. The number of nitrogens with one attached hydrogen (secondary N) is 1. The van der Waals surface area contributed by atoms with Crippen LogP contribution in [0.5, 0.6) is 0 Å². The van der Waals surface area contributed by atoms with Crippen LogP contribution in [0.2, 0.25) is 0 Å². The highest BCUT2D eigenvalue weighted by molar-refractivity contribution is 14.1. The third-order valence-electron chi connectivity index (χ3n) is 1.53.